The number of nitrogens with zero attached hydrogens (tertiary/aromatic N) is 2. The second-order valence-corrected chi connectivity index (χ2v) is 8.22. The molecule has 0 unspecified atom stereocenters. The zero-order chi connectivity index (χ0) is 21.1. The molecule has 0 saturated heterocycles. The molecule has 8 nitrogen and oxygen atoms in total. The van der Waals surface area contributed by atoms with Crippen LogP contribution in [0.1, 0.15) is 5.56 Å². The normalized spacial score (nSPS) is 11.5. The number of hydrogen-bond donors (Lipinski definition) is 1. The Morgan fingerprint density at radius 1 is 1.00 bits per heavy atom. The van der Waals surface area contributed by atoms with E-state index >= 15 is 0 Å². The maximum Gasteiger partial charge on any atom is 0.240 e. The molecule has 2 heterocycles. The van der Waals surface area contributed by atoms with Crippen LogP contribution in [0.2, 0.25) is 0 Å². The molecule has 2 aromatic heterocycles. The minimum Gasteiger partial charge on any atom is -0.497 e. The van der Waals surface area contributed by atoms with E-state index in [2.05, 4.69) is 14.9 Å². The van der Waals surface area contributed by atoms with Crippen molar-refractivity contribution in [1.29, 1.82) is 0 Å². The van der Waals surface area contributed by atoms with E-state index in [1.165, 1.54) is 19.4 Å². The van der Waals surface area contributed by atoms with Gasteiger partial charge in [-0.3, -0.25) is 0 Å². The number of rotatable bonds is 7. The first kappa shape index (κ1) is 19.9. The van der Waals surface area contributed by atoms with Gasteiger partial charge in [0.2, 0.25) is 15.9 Å². The fourth-order valence-electron chi connectivity index (χ4n) is 3.02. The van der Waals surface area contributed by atoms with Crippen molar-refractivity contribution >= 4 is 20.8 Å². The molecule has 0 atom stereocenters. The third-order valence-corrected chi connectivity index (χ3v) is 6.00. The zero-order valence-corrected chi connectivity index (χ0v) is 17.1. The van der Waals surface area contributed by atoms with E-state index in [4.69, 9.17) is 14.0 Å². The fraction of sp³-hybridized carbons (Fsp3) is 0.143. The number of ether oxygens (including phenoxy) is 2. The summed E-state index contributed by atoms with van der Waals surface area (Å²) >= 11 is 0. The van der Waals surface area contributed by atoms with Crippen LogP contribution in [-0.2, 0) is 16.6 Å². The van der Waals surface area contributed by atoms with E-state index in [1.807, 2.05) is 12.1 Å². The van der Waals surface area contributed by atoms with E-state index in [9.17, 15) is 8.42 Å². The average molecular weight is 425 g/mol. The first-order valence-corrected chi connectivity index (χ1v) is 10.5. The number of sulfonamides is 1. The molecule has 0 amide bonds. The summed E-state index contributed by atoms with van der Waals surface area (Å²) in [5.74, 6) is 1.06. The highest BCUT2D eigenvalue weighted by molar-refractivity contribution is 7.89. The second-order valence-electron chi connectivity index (χ2n) is 6.45. The Hall–Kier alpha value is -3.43. The highest BCUT2D eigenvalue weighted by atomic mass is 32.2. The maximum absolute atomic E-state index is 12.8. The van der Waals surface area contributed by atoms with Crippen LogP contribution >= 0.6 is 0 Å². The fourth-order valence-corrected chi connectivity index (χ4v) is 4.07. The van der Waals surface area contributed by atoms with E-state index in [0.29, 0.717) is 28.4 Å². The molecular weight excluding hydrogens is 406 g/mol. The standard InChI is InChI=1S/C21H19N3O5S/c1-27-16-5-3-14(4-6-16)13-22-30(25,26)17-7-8-18-15(11-17)12-20(28-2)23-21(18)19-9-10-29-24-19/h3-12,22H,13H2,1-2H3. The maximum atomic E-state index is 12.8. The summed E-state index contributed by atoms with van der Waals surface area (Å²) in [6, 6.07) is 15.4. The smallest absolute Gasteiger partial charge is 0.240 e. The lowest BCUT2D eigenvalue weighted by Crippen LogP contribution is -2.23. The molecule has 0 spiro atoms. The Labute approximate surface area is 173 Å². The minimum absolute atomic E-state index is 0.142. The molecule has 0 bridgehead atoms. The van der Waals surface area contributed by atoms with Gasteiger partial charge in [-0.25, -0.2) is 18.1 Å². The van der Waals surface area contributed by atoms with Crippen LogP contribution in [0.5, 0.6) is 11.6 Å². The van der Waals surface area contributed by atoms with Gasteiger partial charge in [0.25, 0.3) is 0 Å². The van der Waals surface area contributed by atoms with E-state index in [1.54, 1.807) is 43.5 Å². The lowest BCUT2D eigenvalue weighted by atomic mass is 10.1. The van der Waals surface area contributed by atoms with Crippen LogP contribution in [0.4, 0.5) is 0 Å². The molecule has 0 radical (unpaired) electrons. The minimum atomic E-state index is -3.73. The van der Waals surface area contributed by atoms with Crippen LogP contribution < -0.4 is 14.2 Å². The zero-order valence-electron chi connectivity index (χ0n) is 16.3. The number of pyridine rings is 1. The summed E-state index contributed by atoms with van der Waals surface area (Å²) < 4.78 is 43.6. The predicted molar refractivity (Wildman–Crippen MR) is 111 cm³/mol. The molecule has 1 N–H and O–H groups in total. The van der Waals surface area contributed by atoms with Crippen LogP contribution in [0.3, 0.4) is 0 Å². The molecule has 4 aromatic rings. The Morgan fingerprint density at radius 2 is 1.80 bits per heavy atom. The Morgan fingerprint density at radius 3 is 2.47 bits per heavy atom. The number of fused-ring (bicyclic) bond motifs is 1. The number of benzene rings is 2. The SMILES string of the molecule is COc1ccc(CNS(=O)(=O)c2ccc3c(-c4ccon4)nc(OC)cc3c2)cc1. The van der Waals surface area contributed by atoms with Gasteiger partial charge in [0.15, 0.2) is 0 Å². The average Bonchev–Trinajstić information content (AvgIpc) is 3.31. The third kappa shape index (κ3) is 3.98. The van der Waals surface area contributed by atoms with Crippen molar-refractivity contribution in [2.75, 3.05) is 14.2 Å². The van der Waals surface area contributed by atoms with Gasteiger partial charge in [-0.05, 0) is 35.2 Å². The topological polar surface area (TPSA) is 104 Å². The number of nitrogens with one attached hydrogen (secondary N) is 1. The van der Waals surface area contributed by atoms with Crippen molar-refractivity contribution in [3.8, 4) is 23.0 Å². The van der Waals surface area contributed by atoms with Gasteiger partial charge in [-0.2, -0.15) is 0 Å². The first-order chi connectivity index (χ1) is 14.5. The van der Waals surface area contributed by atoms with Crippen molar-refractivity contribution in [2.45, 2.75) is 11.4 Å². The number of methoxy groups -OCH3 is 2. The van der Waals surface area contributed by atoms with Crippen molar-refractivity contribution in [2.24, 2.45) is 0 Å². The summed E-state index contributed by atoms with van der Waals surface area (Å²) in [6.45, 7) is 0.161. The van der Waals surface area contributed by atoms with Gasteiger partial charge in [-0.15, -0.1) is 0 Å². The van der Waals surface area contributed by atoms with Crippen LogP contribution in [0.15, 0.2) is 70.3 Å². The number of hydrogen-bond acceptors (Lipinski definition) is 7. The van der Waals surface area contributed by atoms with Crippen LogP contribution in [-0.4, -0.2) is 32.8 Å². The summed E-state index contributed by atoms with van der Waals surface area (Å²) in [6.07, 6.45) is 1.45. The van der Waals surface area contributed by atoms with Crippen LogP contribution in [0.25, 0.3) is 22.2 Å². The van der Waals surface area contributed by atoms with E-state index in [0.717, 1.165) is 10.9 Å². The Bertz CT molecular complexity index is 1270. The summed E-state index contributed by atoms with van der Waals surface area (Å²) in [7, 11) is -0.651. The molecule has 0 aliphatic carbocycles. The largest absolute Gasteiger partial charge is 0.497 e. The van der Waals surface area contributed by atoms with Crippen molar-refractivity contribution in [3.63, 3.8) is 0 Å². The second kappa shape index (κ2) is 8.13. The van der Waals surface area contributed by atoms with Gasteiger partial charge >= 0.3 is 0 Å². The molecule has 4 rings (SSSR count). The molecule has 0 aliphatic heterocycles. The quantitative estimate of drug-likeness (QED) is 0.484. The predicted octanol–water partition coefficient (Wildman–Crippen LogP) is 3.39. The lowest BCUT2D eigenvalue weighted by Gasteiger charge is -2.11. The Balaban J connectivity index is 1.66. The van der Waals surface area contributed by atoms with Gasteiger partial charge in [0, 0.05) is 24.1 Å². The molecule has 154 valence electrons. The monoisotopic (exact) mass is 425 g/mol. The highest BCUT2D eigenvalue weighted by Gasteiger charge is 2.17. The van der Waals surface area contributed by atoms with Crippen molar-refractivity contribution < 1.29 is 22.4 Å². The molecular formula is C21H19N3O5S. The Kier molecular flexibility index (Phi) is 5.39. The van der Waals surface area contributed by atoms with Crippen LogP contribution in [0, 0.1) is 0 Å². The lowest BCUT2D eigenvalue weighted by molar-refractivity contribution is 0.398. The number of aromatic nitrogens is 2. The van der Waals surface area contributed by atoms with Gasteiger partial charge < -0.3 is 14.0 Å². The van der Waals surface area contributed by atoms with Crippen molar-refractivity contribution in [3.05, 3.63) is 66.4 Å². The van der Waals surface area contributed by atoms with Gasteiger partial charge in [0.1, 0.15) is 23.4 Å². The van der Waals surface area contributed by atoms with Gasteiger partial charge in [0.05, 0.1) is 19.1 Å². The third-order valence-electron chi connectivity index (χ3n) is 4.60. The molecule has 9 heteroatoms. The van der Waals surface area contributed by atoms with Gasteiger partial charge in [-0.1, -0.05) is 23.4 Å². The van der Waals surface area contributed by atoms with E-state index < -0.39 is 10.0 Å². The summed E-state index contributed by atoms with van der Waals surface area (Å²) in [5, 5.41) is 5.32. The first-order valence-electron chi connectivity index (χ1n) is 9.02. The molecule has 0 fully saturated rings. The molecule has 0 saturated carbocycles. The molecule has 0 aliphatic rings. The van der Waals surface area contributed by atoms with E-state index in [-0.39, 0.29) is 11.4 Å². The van der Waals surface area contributed by atoms with Crippen molar-refractivity contribution in [1.82, 2.24) is 14.9 Å². The molecule has 2 aromatic carbocycles. The summed E-state index contributed by atoms with van der Waals surface area (Å²) in [4.78, 5) is 4.57. The highest BCUT2D eigenvalue weighted by Crippen LogP contribution is 2.30. The summed E-state index contributed by atoms with van der Waals surface area (Å²) in [5.41, 5.74) is 1.90. The molecule has 30 heavy (non-hydrogen) atoms.